The molecule has 2 aromatic rings. The quantitative estimate of drug-likeness (QED) is 0.741. The molecule has 0 bridgehead atoms. The second-order valence-corrected chi connectivity index (χ2v) is 3.39. The molecule has 1 aromatic carbocycles. The van der Waals surface area contributed by atoms with Crippen LogP contribution in [0.1, 0.15) is 5.69 Å². The lowest BCUT2D eigenvalue weighted by Gasteiger charge is -2.08. The van der Waals surface area contributed by atoms with E-state index in [0.29, 0.717) is 0 Å². The lowest BCUT2D eigenvalue weighted by Crippen LogP contribution is -1.88. The Morgan fingerprint density at radius 1 is 1.13 bits per heavy atom. The van der Waals surface area contributed by atoms with Crippen molar-refractivity contribution in [1.29, 1.82) is 0 Å². The van der Waals surface area contributed by atoms with E-state index in [1.807, 2.05) is 43.5 Å². The molecule has 0 radical (unpaired) electrons. The van der Waals surface area contributed by atoms with Crippen LogP contribution in [0.25, 0.3) is 11.1 Å². The third-order valence-corrected chi connectivity index (χ3v) is 2.31. The van der Waals surface area contributed by atoms with Gasteiger partial charge in [0, 0.05) is 17.5 Å². The standard InChI is InChI=1S/C13H13NO/c1-10-9-11(7-8-14-10)12-5-3-4-6-13(12)15-2/h3-9H,1-2H3. The molecule has 1 aromatic heterocycles. The van der Waals surface area contributed by atoms with E-state index >= 15 is 0 Å². The Kier molecular flexibility index (Phi) is 2.68. The second kappa shape index (κ2) is 4.13. The Morgan fingerprint density at radius 3 is 2.67 bits per heavy atom. The van der Waals surface area contributed by atoms with Gasteiger partial charge in [-0.1, -0.05) is 18.2 Å². The number of ether oxygens (including phenoxy) is 1. The van der Waals surface area contributed by atoms with Crippen LogP contribution in [0.4, 0.5) is 0 Å². The number of aryl methyl sites for hydroxylation is 1. The molecule has 76 valence electrons. The zero-order valence-corrected chi connectivity index (χ0v) is 8.90. The number of aromatic nitrogens is 1. The van der Waals surface area contributed by atoms with Crippen LogP contribution in [0.5, 0.6) is 5.75 Å². The molecule has 0 amide bonds. The Hall–Kier alpha value is -1.83. The summed E-state index contributed by atoms with van der Waals surface area (Å²) in [6.45, 7) is 1.99. The van der Waals surface area contributed by atoms with E-state index in [1.165, 1.54) is 0 Å². The average Bonchev–Trinajstić information content (AvgIpc) is 2.29. The maximum absolute atomic E-state index is 5.32. The molecule has 1 heterocycles. The van der Waals surface area contributed by atoms with Crippen LogP contribution in [0.15, 0.2) is 42.6 Å². The molecule has 0 unspecified atom stereocenters. The Morgan fingerprint density at radius 2 is 1.93 bits per heavy atom. The van der Waals surface area contributed by atoms with Crippen LogP contribution in [0.2, 0.25) is 0 Å². The number of hydrogen-bond donors (Lipinski definition) is 0. The minimum absolute atomic E-state index is 0.892. The van der Waals surface area contributed by atoms with Crippen molar-refractivity contribution in [2.75, 3.05) is 7.11 Å². The van der Waals surface area contributed by atoms with Gasteiger partial charge in [-0.25, -0.2) is 0 Å². The summed E-state index contributed by atoms with van der Waals surface area (Å²) in [6.07, 6.45) is 1.82. The first-order chi connectivity index (χ1) is 7.31. The molecule has 0 saturated carbocycles. The Labute approximate surface area is 89.6 Å². The second-order valence-electron chi connectivity index (χ2n) is 3.39. The summed E-state index contributed by atoms with van der Waals surface area (Å²) in [5.74, 6) is 0.892. The molecule has 0 aliphatic carbocycles. The topological polar surface area (TPSA) is 22.1 Å². The van der Waals surface area contributed by atoms with Crippen molar-refractivity contribution in [2.45, 2.75) is 6.92 Å². The number of methoxy groups -OCH3 is 1. The van der Waals surface area contributed by atoms with E-state index in [4.69, 9.17) is 4.74 Å². The van der Waals surface area contributed by atoms with Crippen molar-refractivity contribution < 1.29 is 4.74 Å². The first-order valence-electron chi connectivity index (χ1n) is 4.87. The summed E-state index contributed by atoms with van der Waals surface area (Å²) >= 11 is 0. The van der Waals surface area contributed by atoms with E-state index in [9.17, 15) is 0 Å². The summed E-state index contributed by atoms with van der Waals surface area (Å²) in [4.78, 5) is 4.18. The van der Waals surface area contributed by atoms with Crippen molar-refractivity contribution in [3.8, 4) is 16.9 Å². The third kappa shape index (κ3) is 1.99. The molecule has 0 aliphatic rings. The van der Waals surface area contributed by atoms with Crippen LogP contribution in [-0.2, 0) is 0 Å². The van der Waals surface area contributed by atoms with Gasteiger partial charge in [-0.05, 0) is 30.7 Å². The fourth-order valence-corrected chi connectivity index (χ4v) is 1.60. The number of nitrogens with zero attached hydrogens (tertiary/aromatic N) is 1. The molecule has 0 atom stereocenters. The summed E-state index contributed by atoms with van der Waals surface area (Å²) in [5, 5.41) is 0. The summed E-state index contributed by atoms with van der Waals surface area (Å²) in [6, 6.07) is 12.0. The number of rotatable bonds is 2. The largest absolute Gasteiger partial charge is 0.496 e. The Bertz CT molecular complexity index is 466. The lowest BCUT2D eigenvalue weighted by molar-refractivity contribution is 0.416. The Balaban J connectivity index is 2.53. The molecular weight excluding hydrogens is 186 g/mol. The molecule has 0 spiro atoms. The van der Waals surface area contributed by atoms with E-state index in [1.54, 1.807) is 7.11 Å². The smallest absolute Gasteiger partial charge is 0.126 e. The van der Waals surface area contributed by atoms with Gasteiger partial charge in [-0.15, -0.1) is 0 Å². The molecule has 0 aliphatic heterocycles. The highest BCUT2D eigenvalue weighted by Gasteiger charge is 2.04. The van der Waals surface area contributed by atoms with E-state index in [-0.39, 0.29) is 0 Å². The normalized spacial score (nSPS) is 10.0. The highest BCUT2D eigenvalue weighted by atomic mass is 16.5. The number of pyridine rings is 1. The van der Waals surface area contributed by atoms with Crippen molar-refractivity contribution in [1.82, 2.24) is 4.98 Å². The van der Waals surface area contributed by atoms with Gasteiger partial charge in [0.05, 0.1) is 7.11 Å². The minimum atomic E-state index is 0.892. The van der Waals surface area contributed by atoms with Crippen LogP contribution in [-0.4, -0.2) is 12.1 Å². The maximum atomic E-state index is 5.32. The van der Waals surface area contributed by atoms with E-state index in [2.05, 4.69) is 11.1 Å². The van der Waals surface area contributed by atoms with Gasteiger partial charge in [-0.2, -0.15) is 0 Å². The first kappa shape index (κ1) is 9.71. The summed E-state index contributed by atoms with van der Waals surface area (Å²) in [7, 11) is 1.69. The number of para-hydroxylation sites is 1. The van der Waals surface area contributed by atoms with Crippen LogP contribution >= 0.6 is 0 Å². The molecule has 2 nitrogen and oxygen atoms in total. The summed E-state index contributed by atoms with van der Waals surface area (Å²) < 4.78 is 5.32. The summed E-state index contributed by atoms with van der Waals surface area (Å²) in [5.41, 5.74) is 3.25. The van der Waals surface area contributed by atoms with Gasteiger partial charge >= 0.3 is 0 Å². The molecule has 15 heavy (non-hydrogen) atoms. The third-order valence-electron chi connectivity index (χ3n) is 2.31. The first-order valence-corrected chi connectivity index (χ1v) is 4.87. The molecule has 0 saturated heterocycles. The monoisotopic (exact) mass is 199 g/mol. The van der Waals surface area contributed by atoms with E-state index < -0.39 is 0 Å². The van der Waals surface area contributed by atoms with Gasteiger partial charge in [0.1, 0.15) is 5.75 Å². The van der Waals surface area contributed by atoms with Gasteiger partial charge < -0.3 is 4.74 Å². The van der Waals surface area contributed by atoms with Crippen LogP contribution in [0, 0.1) is 6.92 Å². The van der Waals surface area contributed by atoms with Crippen molar-refractivity contribution >= 4 is 0 Å². The van der Waals surface area contributed by atoms with Crippen LogP contribution in [0.3, 0.4) is 0 Å². The van der Waals surface area contributed by atoms with E-state index in [0.717, 1.165) is 22.6 Å². The predicted molar refractivity (Wildman–Crippen MR) is 61.0 cm³/mol. The fraction of sp³-hybridized carbons (Fsp3) is 0.154. The van der Waals surface area contributed by atoms with Crippen molar-refractivity contribution in [2.24, 2.45) is 0 Å². The van der Waals surface area contributed by atoms with Crippen molar-refractivity contribution in [3.63, 3.8) is 0 Å². The molecule has 0 N–H and O–H groups in total. The van der Waals surface area contributed by atoms with Crippen LogP contribution < -0.4 is 4.74 Å². The average molecular weight is 199 g/mol. The fourth-order valence-electron chi connectivity index (χ4n) is 1.60. The number of benzene rings is 1. The molecular formula is C13H13NO. The van der Waals surface area contributed by atoms with Crippen molar-refractivity contribution in [3.05, 3.63) is 48.3 Å². The zero-order valence-electron chi connectivity index (χ0n) is 8.90. The molecule has 2 rings (SSSR count). The SMILES string of the molecule is COc1ccccc1-c1ccnc(C)c1. The molecule has 0 fully saturated rings. The maximum Gasteiger partial charge on any atom is 0.126 e. The van der Waals surface area contributed by atoms with Gasteiger partial charge in [0.15, 0.2) is 0 Å². The van der Waals surface area contributed by atoms with Gasteiger partial charge in [0.25, 0.3) is 0 Å². The highest BCUT2D eigenvalue weighted by Crippen LogP contribution is 2.29. The predicted octanol–water partition coefficient (Wildman–Crippen LogP) is 3.07. The lowest BCUT2D eigenvalue weighted by atomic mass is 10.1. The molecule has 2 heteroatoms. The van der Waals surface area contributed by atoms with Gasteiger partial charge in [0.2, 0.25) is 0 Å². The minimum Gasteiger partial charge on any atom is -0.496 e. The highest BCUT2D eigenvalue weighted by molar-refractivity contribution is 5.70. The zero-order chi connectivity index (χ0) is 10.7. The van der Waals surface area contributed by atoms with Gasteiger partial charge in [-0.3, -0.25) is 4.98 Å². The number of hydrogen-bond acceptors (Lipinski definition) is 2.